The summed E-state index contributed by atoms with van der Waals surface area (Å²) in [5.74, 6) is 2.44. The topological polar surface area (TPSA) is 97.3 Å². The third-order valence-corrected chi connectivity index (χ3v) is 6.87. The van der Waals surface area contributed by atoms with Crippen molar-refractivity contribution in [1.29, 1.82) is 0 Å². The van der Waals surface area contributed by atoms with Crippen LogP contribution in [-0.4, -0.2) is 58.1 Å². The van der Waals surface area contributed by atoms with Crippen molar-refractivity contribution in [2.45, 2.75) is 6.10 Å². The van der Waals surface area contributed by atoms with Crippen molar-refractivity contribution in [3.63, 3.8) is 0 Å². The number of amides is 1. The van der Waals surface area contributed by atoms with Crippen molar-refractivity contribution in [3.8, 4) is 11.5 Å². The Bertz CT molecular complexity index is 1060. The first-order chi connectivity index (χ1) is 14.8. The Hall–Kier alpha value is -2.43. The molecule has 8 nitrogen and oxygen atoms in total. The van der Waals surface area contributed by atoms with E-state index in [4.69, 9.17) is 21.1 Å². The van der Waals surface area contributed by atoms with Gasteiger partial charge in [0.05, 0.1) is 25.3 Å². The molecule has 0 unspecified atom stereocenters. The highest BCUT2D eigenvalue weighted by Crippen LogP contribution is 2.32. The quantitative estimate of drug-likeness (QED) is 0.435. The van der Waals surface area contributed by atoms with Crippen molar-refractivity contribution < 1.29 is 22.7 Å². The minimum absolute atomic E-state index is 0.164. The van der Waals surface area contributed by atoms with Crippen LogP contribution in [0.2, 0.25) is 5.02 Å². The number of rotatable bonds is 9. The Morgan fingerprint density at radius 1 is 1.29 bits per heavy atom. The summed E-state index contributed by atoms with van der Waals surface area (Å²) in [6, 6.07) is 11.8. The van der Waals surface area contributed by atoms with Crippen LogP contribution >= 0.6 is 23.4 Å². The molecular formula is C20H22ClN3O5S2. The van der Waals surface area contributed by atoms with Gasteiger partial charge in [0.25, 0.3) is 5.91 Å². The van der Waals surface area contributed by atoms with Crippen molar-refractivity contribution in [2.24, 2.45) is 5.10 Å². The molecule has 1 aliphatic rings. The Morgan fingerprint density at radius 3 is 2.58 bits per heavy atom. The second-order valence-corrected chi connectivity index (χ2v) is 10.1. The molecule has 0 radical (unpaired) electrons. The number of nitrogens with zero attached hydrogens (tertiary/aromatic N) is 2. The predicted molar refractivity (Wildman–Crippen MR) is 124 cm³/mol. The third-order valence-electron chi connectivity index (χ3n) is 4.29. The highest BCUT2D eigenvalue weighted by atomic mass is 35.5. The number of nitrogens with one attached hydrogen (secondary N) is 1. The number of hydrogen-bond donors (Lipinski definition) is 1. The molecule has 1 fully saturated rings. The molecule has 1 N–H and O–H groups in total. The summed E-state index contributed by atoms with van der Waals surface area (Å²) < 4.78 is 36.4. The monoisotopic (exact) mass is 483 g/mol. The van der Waals surface area contributed by atoms with Gasteiger partial charge in [0.2, 0.25) is 10.0 Å². The molecule has 166 valence electrons. The second-order valence-electron chi connectivity index (χ2n) is 6.73. The maximum Gasteiger partial charge on any atom is 0.260 e. The Balaban J connectivity index is 1.63. The summed E-state index contributed by atoms with van der Waals surface area (Å²) in [6.07, 6.45) is 2.72. The molecule has 11 heteroatoms. The zero-order valence-corrected chi connectivity index (χ0v) is 19.3. The number of thioether (sulfide) groups is 1. The molecule has 3 rings (SSSR count). The van der Waals surface area contributed by atoms with Gasteiger partial charge in [-0.05, 0) is 48.0 Å². The molecule has 2 aromatic rings. The highest BCUT2D eigenvalue weighted by molar-refractivity contribution is 8.00. The summed E-state index contributed by atoms with van der Waals surface area (Å²) in [4.78, 5) is 12.3. The molecule has 1 saturated heterocycles. The van der Waals surface area contributed by atoms with E-state index >= 15 is 0 Å². The molecule has 0 aromatic heterocycles. The Morgan fingerprint density at radius 2 is 2.00 bits per heavy atom. The fourth-order valence-corrected chi connectivity index (χ4v) is 4.27. The summed E-state index contributed by atoms with van der Waals surface area (Å²) >= 11 is 7.84. The molecule has 1 heterocycles. The van der Waals surface area contributed by atoms with Gasteiger partial charge in [0.15, 0.2) is 0 Å². The number of carbonyl (C=O) groups excluding carboxylic acids is 1. The molecular weight excluding hydrogens is 462 g/mol. The van der Waals surface area contributed by atoms with Crippen molar-refractivity contribution in [3.05, 3.63) is 53.1 Å². The van der Waals surface area contributed by atoms with Crippen LogP contribution in [0.5, 0.6) is 11.5 Å². The maximum atomic E-state index is 12.3. The van der Waals surface area contributed by atoms with Gasteiger partial charge >= 0.3 is 0 Å². The summed E-state index contributed by atoms with van der Waals surface area (Å²) in [5.41, 5.74) is 3.26. The Labute approximate surface area is 190 Å². The minimum Gasteiger partial charge on any atom is -0.495 e. The lowest BCUT2D eigenvalue weighted by Crippen LogP contribution is -2.39. The zero-order valence-electron chi connectivity index (χ0n) is 16.9. The standard InChI is InChI=1S/C20H22ClN3O5S2/c1-28-19-8-5-15(21)9-18(19)24(31(2,26)27)11-20(25)23-22-10-14-3-6-16(7-4-14)29-17-12-30-13-17/h3-10,17H,11-13H2,1-2H3,(H,23,25)/b22-10-. The van der Waals surface area contributed by atoms with Crippen molar-refractivity contribution in [1.82, 2.24) is 5.43 Å². The van der Waals surface area contributed by atoms with E-state index in [-0.39, 0.29) is 17.5 Å². The average Bonchev–Trinajstić information content (AvgIpc) is 2.69. The number of carbonyl (C=O) groups is 1. The van der Waals surface area contributed by atoms with Gasteiger partial charge in [0, 0.05) is 16.5 Å². The highest BCUT2D eigenvalue weighted by Gasteiger charge is 2.24. The molecule has 0 atom stereocenters. The number of methoxy groups -OCH3 is 1. The van der Waals surface area contributed by atoms with Crippen LogP contribution in [0.1, 0.15) is 5.56 Å². The molecule has 0 saturated carbocycles. The fourth-order valence-electron chi connectivity index (χ4n) is 2.69. The van der Waals surface area contributed by atoms with Crippen molar-refractivity contribution in [2.75, 3.05) is 35.7 Å². The van der Waals surface area contributed by atoms with Gasteiger partial charge in [0.1, 0.15) is 24.1 Å². The molecule has 1 aliphatic heterocycles. The van der Waals surface area contributed by atoms with Gasteiger partial charge in [-0.2, -0.15) is 16.9 Å². The molecule has 0 spiro atoms. The number of halogens is 1. The van der Waals surface area contributed by atoms with E-state index in [9.17, 15) is 13.2 Å². The van der Waals surface area contributed by atoms with Crippen LogP contribution in [0.3, 0.4) is 0 Å². The number of ether oxygens (including phenoxy) is 2. The molecule has 2 aromatic carbocycles. The van der Waals surface area contributed by atoms with Gasteiger partial charge in [-0.25, -0.2) is 13.8 Å². The number of benzene rings is 2. The maximum absolute atomic E-state index is 12.3. The normalized spacial score (nSPS) is 14.2. The minimum atomic E-state index is -3.79. The smallest absolute Gasteiger partial charge is 0.260 e. The van der Waals surface area contributed by atoms with E-state index in [1.165, 1.54) is 25.5 Å². The van der Waals surface area contributed by atoms with E-state index in [1.54, 1.807) is 6.07 Å². The van der Waals surface area contributed by atoms with Gasteiger partial charge < -0.3 is 9.47 Å². The number of hydrogen-bond acceptors (Lipinski definition) is 7. The predicted octanol–water partition coefficient (Wildman–Crippen LogP) is 2.76. The first kappa shape index (κ1) is 23.2. The van der Waals surface area contributed by atoms with Crippen LogP contribution < -0.4 is 19.2 Å². The van der Waals surface area contributed by atoms with Gasteiger partial charge in [-0.3, -0.25) is 9.10 Å². The van der Waals surface area contributed by atoms with Crippen molar-refractivity contribution >= 4 is 51.2 Å². The largest absolute Gasteiger partial charge is 0.495 e. The average molecular weight is 484 g/mol. The summed E-state index contributed by atoms with van der Waals surface area (Å²) in [7, 11) is -2.38. The van der Waals surface area contributed by atoms with Gasteiger partial charge in [-0.1, -0.05) is 11.6 Å². The number of hydrazone groups is 1. The van der Waals surface area contributed by atoms with E-state index in [0.717, 1.165) is 33.4 Å². The lowest BCUT2D eigenvalue weighted by atomic mass is 10.2. The second kappa shape index (κ2) is 10.3. The first-order valence-electron chi connectivity index (χ1n) is 9.24. The van der Waals surface area contributed by atoms with Crippen LogP contribution in [0.4, 0.5) is 5.69 Å². The number of anilines is 1. The van der Waals surface area contributed by atoms with Crippen LogP contribution in [-0.2, 0) is 14.8 Å². The lowest BCUT2D eigenvalue weighted by molar-refractivity contribution is -0.119. The summed E-state index contributed by atoms with van der Waals surface area (Å²) in [5, 5.41) is 4.21. The van der Waals surface area contributed by atoms with E-state index in [1.807, 2.05) is 36.0 Å². The SMILES string of the molecule is COc1ccc(Cl)cc1N(CC(=O)N/N=C\c1ccc(OC2CSC2)cc1)S(C)(=O)=O. The lowest BCUT2D eigenvalue weighted by Gasteiger charge is -2.25. The fraction of sp³-hybridized carbons (Fsp3) is 0.300. The number of sulfonamides is 1. The molecule has 0 bridgehead atoms. The van der Waals surface area contributed by atoms with E-state index < -0.39 is 22.5 Å². The van der Waals surface area contributed by atoms with Crippen LogP contribution in [0, 0.1) is 0 Å². The van der Waals surface area contributed by atoms with E-state index in [2.05, 4.69) is 10.5 Å². The Kier molecular flexibility index (Phi) is 7.69. The third kappa shape index (κ3) is 6.52. The van der Waals surface area contributed by atoms with Crippen LogP contribution in [0.15, 0.2) is 47.6 Å². The van der Waals surface area contributed by atoms with Crippen LogP contribution in [0.25, 0.3) is 0 Å². The molecule has 0 aliphatic carbocycles. The summed E-state index contributed by atoms with van der Waals surface area (Å²) in [6.45, 7) is -0.487. The zero-order chi connectivity index (χ0) is 22.4. The molecule has 1 amide bonds. The molecule has 31 heavy (non-hydrogen) atoms. The first-order valence-corrected chi connectivity index (χ1v) is 12.6. The van der Waals surface area contributed by atoms with Gasteiger partial charge in [-0.15, -0.1) is 0 Å². The van der Waals surface area contributed by atoms with E-state index in [0.29, 0.717) is 5.02 Å².